The molecule has 7 aromatic heterocycles. The van der Waals surface area contributed by atoms with E-state index in [1.165, 1.54) is 22.3 Å². The van der Waals surface area contributed by atoms with E-state index >= 15 is 0 Å². The Bertz CT molecular complexity index is 3840. The second-order valence-corrected chi connectivity index (χ2v) is 22.4. The SMILES string of the molecule is CC(O)CC(C)O.CC(O)CC(C)O.CC(O)CC(C)O.Fc1c[c-]c(-c2ccccn2)c(F)c1.Fc1c[c-]c(-c2ccccn2)c(F)c1.Fc1c[c-]c(-c2ccccn2)c(F)c1.O=C(O)c1ccccn1.[Ir].[Ir].[Ir].[Ir].[Ir].[c-]1c(-c2ccccn2)sc2ccccc12.[c-]1ccccc1-c1ccccn1. The molecule has 0 fully saturated rings. The number of thiophene rings is 1. The monoisotopic (exact) mass is 2330 g/mol. The molecule has 0 bridgehead atoms. The first-order valence-electron chi connectivity index (χ1n) is 30.7. The van der Waals surface area contributed by atoms with Crippen molar-refractivity contribution < 1.29 is 167 Å². The topological polar surface area (TPSA) is 236 Å². The van der Waals surface area contributed by atoms with E-state index in [1.807, 2.05) is 72.9 Å². The second kappa shape index (κ2) is 56.4. The summed E-state index contributed by atoms with van der Waals surface area (Å²) in [6.45, 7) is 9.96. The standard InChI is InChI=1S/C13H8NS.3C11H6F2N.C11H8N.C6H5NO2.3C5H12O2.5Ir/c1-2-7-12-10(5-1)9-13(15-12)11-6-3-4-8-14-11;3*12-8-4-5-9(10(13)7-8)11-3-1-2-6-14-11;1-2-6-10(7-3-1)11-8-4-5-9-12-11;8-6(9)5-3-1-2-4-7-5;3*1-4(6)3-5(2)7;;;;;/h1-8H;3*1-4,6-7H;1-6,8-9H;1-4H,(H,8,9);3*4-7H,3H2,1-2H3;;;;;/q5*-1;;;;;;;;;. The number of aromatic nitrogens is 6. The molecule has 6 atom stereocenters. The van der Waals surface area contributed by atoms with Gasteiger partial charge in [0.2, 0.25) is 0 Å². The normalized spacial score (nSPS) is 11.3. The first-order chi connectivity index (χ1) is 47.4. The van der Waals surface area contributed by atoms with E-state index in [9.17, 15) is 31.1 Å². The van der Waals surface area contributed by atoms with Gasteiger partial charge in [0.1, 0.15) is 5.69 Å². The van der Waals surface area contributed by atoms with Gasteiger partial charge in [-0.15, -0.1) is 95.9 Å². The van der Waals surface area contributed by atoms with Gasteiger partial charge in [0.15, 0.2) is 0 Å². The van der Waals surface area contributed by atoms with Crippen molar-refractivity contribution in [3.8, 4) is 55.6 Å². The van der Waals surface area contributed by atoms with Crippen LogP contribution in [0, 0.1) is 65.2 Å². The van der Waals surface area contributed by atoms with E-state index in [-0.39, 0.29) is 160 Å². The van der Waals surface area contributed by atoms with Crippen molar-refractivity contribution in [1.29, 1.82) is 0 Å². The molecule has 7 N–H and O–H groups in total. The Morgan fingerprint density at radius 2 is 0.692 bits per heavy atom. The smallest absolute Gasteiger partial charge is 0.354 e. The fourth-order valence-corrected chi connectivity index (χ4v) is 9.01. The van der Waals surface area contributed by atoms with E-state index < -0.39 is 40.9 Å². The maximum Gasteiger partial charge on any atom is 0.354 e. The third-order valence-electron chi connectivity index (χ3n) is 12.2. The number of hydrogen-bond acceptors (Lipinski definition) is 14. The number of carbonyl (C=O) groups is 1. The van der Waals surface area contributed by atoms with Crippen molar-refractivity contribution in [3.05, 3.63) is 302 Å². The molecular formula is C78H75F6Ir5N6O8S-5. The average Bonchev–Trinajstić information content (AvgIpc) is 1.12. The van der Waals surface area contributed by atoms with E-state index in [0.29, 0.717) is 36.3 Å². The molecule has 104 heavy (non-hydrogen) atoms. The molecule has 14 nitrogen and oxygen atoms in total. The number of pyridine rings is 6. The number of aliphatic hydroxyl groups is 6. The first kappa shape index (κ1) is 99.1. The number of halogens is 6. The Balaban J connectivity index is 0. The molecule has 6 unspecified atom stereocenters. The Morgan fingerprint density at radius 3 is 0.952 bits per heavy atom. The van der Waals surface area contributed by atoms with Crippen LogP contribution in [0.4, 0.5) is 26.3 Å². The van der Waals surface area contributed by atoms with Crippen molar-refractivity contribution in [3.63, 3.8) is 0 Å². The summed E-state index contributed by atoms with van der Waals surface area (Å²) in [4.78, 5) is 35.2. The van der Waals surface area contributed by atoms with Crippen molar-refractivity contribution in [2.24, 2.45) is 0 Å². The molecule has 0 saturated heterocycles. The Labute approximate surface area is 674 Å². The van der Waals surface area contributed by atoms with Crippen molar-refractivity contribution in [1.82, 2.24) is 29.9 Å². The van der Waals surface area contributed by atoms with Gasteiger partial charge in [0.25, 0.3) is 0 Å². The van der Waals surface area contributed by atoms with Crippen LogP contribution in [-0.2, 0) is 101 Å². The number of aromatic carboxylic acids is 1. The molecule has 563 valence electrons. The first-order valence-corrected chi connectivity index (χ1v) is 31.5. The molecule has 12 rings (SSSR count). The number of nitrogens with zero attached hydrogens (tertiary/aromatic N) is 6. The quantitative estimate of drug-likeness (QED) is 0.0445. The van der Waals surface area contributed by atoms with Gasteiger partial charge in [0, 0.05) is 178 Å². The summed E-state index contributed by atoms with van der Waals surface area (Å²) in [6, 6.07) is 67.7. The van der Waals surface area contributed by atoms with Crippen LogP contribution >= 0.6 is 11.3 Å². The van der Waals surface area contributed by atoms with Gasteiger partial charge in [-0.2, -0.15) is 0 Å². The maximum atomic E-state index is 13.2. The van der Waals surface area contributed by atoms with Crippen LogP contribution in [0.1, 0.15) is 71.3 Å². The van der Waals surface area contributed by atoms with E-state index in [0.717, 1.165) is 58.2 Å². The number of rotatable bonds is 12. The van der Waals surface area contributed by atoms with Crippen LogP contribution in [-0.4, -0.2) is 108 Å². The number of carboxylic acids is 1. The zero-order valence-corrected chi connectivity index (χ0v) is 69.4. The minimum Gasteiger partial charge on any atom is -0.477 e. The fourth-order valence-electron chi connectivity index (χ4n) is 8.03. The summed E-state index contributed by atoms with van der Waals surface area (Å²) >= 11 is 1.73. The predicted octanol–water partition coefficient (Wildman–Crippen LogP) is 16.0. The zero-order chi connectivity index (χ0) is 72.5. The average molecular weight is 2330 g/mol. The number of aliphatic hydroxyl groups excluding tert-OH is 6. The van der Waals surface area contributed by atoms with Gasteiger partial charge in [-0.25, -0.2) is 21.1 Å². The summed E-state index contributed by atoms with van der Waals surface area (Å²) in [5.41, 5.74) is 5.00. The summed E-state index contributed by atoms with van der Waals surface area (Å²) in [5.74, 6) is -4.85. The van der Waals surface area contributed by atoms with Crippen LogP contribution in [0.2, 0.25) is 0 Å². The molecule has 0 saturated carbocycles. The molecule has 5 radical (unpaired) electrons. The zero-order valence-electron chi connectivity index (χ0n) is 56.6. The summed E-state index contributed by atoms with van der Waals surface area (Å²) in [7, 11) is 0. The summed E-state index contributed by atoms with van der Waals surface area (Å²) < 4.78 is 78.7. The molecule has 0 amide bonds. The molecule has 0 aliphatic heterocycles. The molecule has 12 aromatic rings. The molecule has 5 aromatic carbocycles. The largest absolute Gasteiger partial charge is 0.477 e. The molecule has 7 heterocycles. The van der Waals surface area contributed by atoms with Crippen molar-refractivity contribution in [2.45, 2.75) is 97.4 Å². The van der Waals surface area contributed by atoms with Gasteiger partial charge in [-0.1, -0.05) is 114 Å². The molecule has 0 aliphatic carbocycles. The van der Waals surface area contributed by atoms with Gasteiger partial charge >= 0.3 is 5.97 Å². The molecular weight excluding hydrogens is 2260 g/mol. The van der Waals surface area contributed by atoms with E-state index in [1.54, 1.807) is 144 Å². The van der Waals surface area contributed by atoms with Gasteiger partial charge in [0.05, 0.1) is 36.6 Å². The molecule has 0 aliphatic rings. The van der Waals surface area contributed by atoms with Gasteiger partial charge < -0.3 is 60.7 Å². The van der Waals surface area contributed by atoms with Crippen molar-refractivity contribution in [2.75, 3.05) is 0 Å². The second-order valence-electron chi connectivity index (χ2n) is 21.3. The van der Waals surface area contributed by atoms with Crippen LogP contribution in [0.25, 0.3) is 65.7 Å². The maximum absolute atomic E-state index is 13.2. The number of hydrogen-bond donors (Lipinski definition) is 7. The van der Waals surface area contributed by atoms with Crippen LogP contribution in [0.5, 0.6) is 0 Å². The predicted molar refractivity (Wildman–Crippen MR) is 373 cm³/mol. The Hall–Kier alpha value is -6.98. The minimum absolute atomic E-state index is 0. The third-order valence-corrected chi connectivity index (χ3v) is 13.3. The molecule has 26 heteroatoms. The summed E-state index contributed by atoms with van der Waals surface area (Å²) in [5, 5.41) is 60.9. The Morgan fingerprint density at radius 1 is 0.385 bits per heavy atom. The van der Waals surface area contributed by atoms with Crippen molar-refractivity contribution >= 4 is 27.4 Å². The third kappa shape index (κ3) is 41.1. The number of carboxylic acid groups (broad SMARTS) is 1. The summed E-state index contributed by atoms with van der Waals surface area (Å²) in [6.07, 6.45) is 8.86. The Kier molecular flexibility index (Phi) is 53.7. The number of benzene rings is 5. The number of fused-ring (bicyclic) bond motifs is 1. The van der Waals surface area contributed by atoms with Gasteiger partial charge in [-0.3, -0.25) is 26.3 Å². The fraction of sp³-hybridized carbons (Fsp3) is 0.192. The van der Waals surface area contributed by atoms with Gasteiger partial charge in [-0.05, 0) is 136 Å². The van der Waals surface area contributed by atoms with Crippen LogP contribution in [0.3, 0.4) is 0 Å². The van der Waals surface area contributed by atoms with Crippen LogP contribution in [0.15, 0.2) is 231 Å². The van der Waals surface area contributed by atoms with E-state index in [4.69, 9.17) is 35.7 Å². The molecule has 0 spiro atoms. The minimum atomic E-state index is -0.990. The van der Waals surface area contributed by atoms with E-state index in [2.05, 4.69) is 78.4 Å². The van der Waals surface area contributed by atoms with Crippen LogP contribution < -0.4 is 0 Å².